The predicted octanol–water partition coefficient (Wildman–Crippen LogP) is 1.82. The lowest BCUT2D eigenvalue weighted by Gasteiger charge is -2.03. The maximum Gasteiger partial charge on any atom is 0.284 e. The van der Waals surface area contributed by atoms with E-state index in [0.717, 1.165) is 10.3 Å². The van der Waals surface area contributed by atoms with Crippen molar-refractivity contribution in [1.29, 1.82) is 0 Å². The Balaban J connectivity index is 1.83. The van der Waals surface area contributed by atoms with Crippen molar-refractivity contribution < 1.29 is 13.2 Å². The molecule has 122 valence electrons. The summed E-state index contributed by atoms with van der Waals surface area (Å²) in [6.45, 7) is 0. The number of anilines is 1. The number of nitrogens with one attached hydrogen (secondary N) is 1. The summed E-state index contributed by atoms with van der Waals surface area (Å²) in [7, 11) is -3.92. The van der Waals surface area contributed by atoms with E-state index in [1.165, 1.54) is 36.8 Å². The average Bonchev–Trinajstić information content (AvgIpc) is 3.05. The molecule has 0 saturated carbocycles. The van der Waals surface area contributed by atoms with E-state index in [-0.39, 0.29) is 21.4 Å². The van der Waals surface area contributed by atoms with Crippen LogP contribution >= 0.6 is 11.6 Å². The van der Waals surface area contributed by atoms with Crippen molar-refractivity contribution in [3.05, 3.63) is 66.0 Å². The molecular formula is C14H10ClN5O3S. The summed E-state index contributed by atoms with van der Waals surface area (Å²) in [5, 5.41) is 6.47. The number of pyridine rings is 2. The minimum Gasteiger partial charge on any atom is -0.318 e. The average molecular weight is 364 g/mol. The van der Waals surface area contributed by atoms with Crippen LogP contribution in [0.2, 0.25) is 5.15 Å². The molecule has 0 saturated heterocycles. The first-order chi connectivity index (χ1) is 11.5. The van der Waals surface area contributed by atoms with Gasteiger partial charge in [-0.15, -0.1) is 0 Å². The fourth-order valence-corrected chi connectivity index (χ4v) is 2.99. The van der Waals surface area contributed by atoms with E-state index in [2.05, 4.69) is 20.4 Å². The summed E-state index contributed by atoms with van der Waals surface area (Å²) >= 11 is 5.65. The lowest BCUT2D eigenvalue weighted by Crippen LogP contribution is -2.14. The minimum atomic E-state index is -3.92. The van der Waals surface area contributed by atoms with Crippen molar-refractivity contribution >= 4 is 33.2 Å². The predicted molar refractivity (Wildman–Crippen MR) is 86.2 cm³/mol. The zero-order valence-corrected chi connectivity index (χ0v) is 13.6. The molecule has 0 unspecified atom stereocenters. The van der Waals surface area contributed by atoms with Crippen LogP contribution in [0.25, 0.3) is 0 Å². The topological polar surface area (TPSA) is 107 Å². The monoisotopic (exact) mass is 363 g/mol. The molecule has 0 aliphatic rings. The summed E-state index contributed by atoms with van der Waals surface area (Å²) in [4.78, 5) is 19.6. The third-order valence-electron chi connectivity index (χ3n) is 2.96. The summed E-state index contributed by atoms with van der Waals surface area (Å²) < 4.78 is 25.6. The fraction of sp³-hybridized carbons (Fsp3) is 0. The molecule has 1 N–H and O–H groups in total. The highest BCUT2D eigenvalue weighted by Crippen LogP contribution is 2.16. The van der Waals surface area contributed by atoms with E-state index in [9.17, 15) is 13.2 Å². The maximum atomic E-state index is 12.4. The van der Waals surface area contributed by atoms with Gasteiger partial charge >= 0.3 is 0 Å². The van der Waals surface area contributed by atoms with E-state index in [4.69, 9.17) is 11.6 Å². The van der Waals surface area contributed by atoms with Crippen LogP contribution in [0.15, 0.2) is 60.0 Å². The minimum absolute atomic E-state index is 0.0717. The summed E-state index contributed by atoms with van der Waals surface area (Å²) in [6.07, 6.45) is 5.02. The van der Waals surface area contributed by atoms with Gasteiger partial charge in [-0.3, -0.25) is 9.78 Å². The molecule has 24 heavy (non-hydrogen) atoms. The molecule has 3 heterocycles. The van der Waals surface area contributed by atoms with Gasteiger partial charge in [0, 0.05) is 12.4 Å². The molecule has 1 amide bonds. The highest BCUT2D eigenvalue weighted by molar-refractivity contribution is 7.89. The van der Waals surface area contributed by atoms with Crippen LogP contribution in [0, 0.1) is 0 Å². The SMILES string of the molecule is O=C(Nc1cnn(S(=O)(=O)c2ccc(Cl)nc2)c1)c1ccccn1. The molecule has 0 radical (unpaired) electrons. The zero-order chi connectivity index (χ0) is 17.2. The molecule has 0 aromatic carbocycles. The number of rotatable bonds is 4. The van der Waals surface area contributed by atoms with Gasteiger partial charge in [0.15, 0.2) is 0 Å². The molecule has 10 heteroatoms. The molecule has 0 aliphatic heterocycles. The number of aromatic nitrogens is 4. The summed E-state index contributed by atoms with van der Waals surface area (Å²) in [5.74, 6) is -0.472. The van der Waals surface area contributed by atoms with Crippen molar-refractivity contribution in [3.8, 4) is 0 Å². The molecule has 8 nitrogen and oxygen atoms in total. The Bertz CT molecular complexity index is 971. The molecule has 0 aliphatic carbocycles. The Hall–Kier alpha value is -2.78. The number of hydrogen-bond acceptors (Lipinski definition) is 6. The molecule has 3 rings (SSSR count). The number of carbonyl (C=O) groups excluding carboxylic acids is 1. The van der Waals surface area contributed by atoms with Gasteiger partial charge in [0.25, 0.3) is 15.9 Å². The quantitative estimate of drug-likeness (QED) is 0.708. The fourth-order valence-electron chi connectivity index (χ4n) is 1.82. The number of carbonyl (C=O) groups is 1. The van der Waals surface area contributed by atoms with E-state index in [1.807, 2.05) is 0 Å². The molecule has 0 atom stereocenters. The Kier molecular flexibility index (Phi) is 4.28. The van der Waals surface area contributed by atoms with Gasteiger partial charge in [-0.05, 0) is 24.3 Å². The van der Waals surface area contributed by atoms with Gasteiger partial charge in [0.2, 0.25) is 0 Å². The zero-order valence-electron chi connectivity index (χ0n) is 12.0. The molecule has 0 fully saturated rings. The Labute approximate surface area is 142 Å². The van der Waals surface area contributed by atoms with Crippen LogP contribution in [0.3, 0.4) is 0 Å². The van der Waals surface area contributed by atoms with E-state index < -0.39 is 15.9 Å². The van der Waals surface area contributed by atoms with Gasteiger partial charge in [-0.2, -0.15) is 17.6 Å². The van der Waals surface area contributed by atoms with Gasteiger partial charge < -0.3 is 5.32 Å². The van der Waals surface area contributed by atoms with Crippen molar-refractivity contribution in [3.63, 3.8) is 0 Å². The summed E-state index contributed by atoms with van der Waals surface area (Å²) in [6, 6.07) is 7.57. The third kappa shape index (κ3) is 3.26. The normalized spacial score (nSPS) is 11.2. The van der Waals surface area contributed by atoms with Gasteiger partial charge in [-0.25, -0.2) is 4.98 Å². The van der Waals surface area contributed by atoms with Crippen molar-refractivity contribution in [1.82, 2.24) is 19.2 Å². The van der Waals surface area contributed by atoms with E-state index in [1.54, 1.807) is 12.1 Å². The smallest absolute Gasteiger partial charge is 0.284 e. The second kappa shape index (κ2) is 6.38. The number of hydrogen-bond donors (Lipinski definition) is 1. The highest BCUT2D eigenvalue weighted by atomic mass is 35.5. The van der Waals surface area contributed by atoms with Crippen molar-refractivity contribution in [2.75, 3.05) is 5.32 Å². The first-order valence-corrected chi connectivity index (χ1v) is 8.43. The Morgan fingerprint density at radius 1 is 1.12 bits per heavy atom. The van der Waals surface area contributed by atoms with Gasteiger partial charge in [0.05, 0.1) is 18.1 Å². The first-order valence-electron chi connectivity index (χ1n) is 6.61. The third-order valence-corrected chi connectivity index (χ3v) is 4.71. The second-order valence-corrected chi connectivity index (χ2v) is 6.78. The first kappa shape index (κ1) is 16.1. The van der Waals surface area contributed by atoms with Crippen molar-refractivity contribution in [2.45, 2.75) is 4.90 Å². The highest BCUT2D eigenvalue weighted by Gasteiger charge is 2.19. The van der Waals surface area contributed by atoms with Crippen LogP contribution in [-0.2, 0) is 10.0 Å². The van der Waals surface area contributed by atoms with Crippen LogP contribution in [-0.4, -0.2) is 33.5 Å². The van der Waals surface area contributed by atoms with Gasteiger partial charge in [-0.1, -0.05) is 17.7 Å². The molecule has 3 aromatic rings. The molecule has 0 bridgehead atoms. The van der Waals surface area contributed by atoms with E-state index in [0.29, 0.717) is 0 Å². The number of nitrogens with zero attached hydrogens (tertiary/aromatic N) is 4. The van der Waals surface area contributed by atoms with Crippen LogP contribution in [0.5, 0.6) is 0 Å². The van der Waals surface area contributed by atoms with Gasteiger partial charge in [0.1, 0.15) is 15.7 Å². The van der Waals surface area contributed by atoms with Crippen molar-refractivity contribution in [2.24, 2.45) is 0 Å². The summed E-state index contributed by atoms with van der Waals surface area (Å²) in [5.41, 5.74) is 0.422. The van der Waals surface area contributed by atoms with E-state index >= 15 is 0 Å². The Morgan fingerprint density at radius 2 is 1.96 bits per heavy atom. The van der Waals surface area contributed by atoms with Crippen LogP contribution < -0.4 is 5.32 Å². The number of amides is 1. The lowest BCUT2D eigenvalue weighted by atomic mass is 10.3. The lowest BCUT2D eigenvalue weighted by molar-refractivity contribution is 0.102. The maximum absolute atomic E-state index is 12.4. The number of halogens is 1. The Morgan fingerprint density at radius 3 is 2.62 bits per heavy atom. The molecular weight excluding hydrogens is 354 g/mol. The standard InChI is InChI=1S/C14H10ClN5O3S/c15-13-5-4-11(8-17-13)24(22,23)20-9-10(7-18-20)19-14(21)12-3-1-2-6-16-12/h1-9H,(H,19,21). The second-order valence-electron chi connectivity index (χ2n) is 4.59. The largest absolute Gasteiger partial charge is 0.318 e. The molecule has 3 aromatic heterocycles. The van der Waals surface area contributed by atoms with Crippen LogP contribution in [0.4, 0.5) is 5.69 Å². The van der Waals surface area contributed by atoms with Crippen LogP contribution in [0.1, 0.15) is 10.5 Å². The molecule has 0 spiro atoms.